The van der Waals surface area contributed by atoms with Crippen molar-refractivity contribution in [3.8, 4) is 5.69 Å². The van der Waals surface area contributed by atoms with E-state index in [0.29, 0.717) is 23.7 Å². The maximum absolute atomic E-state index is 14.2. The Balaban J connectivity index is 1.38. The van der Waals surface area contributed by atoms with Crippen LogP contribution in [0.3, 0.4) is 0 Å². The first-order valence-corrected chi connectivity index (χ1v) is 13.8. The molecule has 3 aliphatic rings. The summed E-state index contributed by atoms with van der Waals surface area (Å²) in [5, 5.41) is 8.42. The van der Waals surface area contributed by atoms with Crippen LogP contribution in [0.2, 0.25) is 0 Å². The summed E-state index contributed by atoms with van der Waals surface area (Å²) in [5.74, 6) is 0.393. The van der Waals surface area contributed by atoms with Crippen LogP contribution in [-0.4, -0.2) is 58.1 Å². The maximum atomic E-state index is 14.2. The highest BCUT2D eigenvalue weighted by Crippen LogP contribution is 2.46. The van der Waals surface area contributed by atoms with Gasteiger partial charge < -0.3 is 4.74 Å². The fourth-order valence-corrected chi connectivity index (χ4v) is 6.15. The van der Waals surface area contributed by atoms with Gasteiger partial charge in [0.15, 0.2) is 0 Å². The Morgan fingerprint density at radius 2 is 1.90 bits per heavy atom. The summed E-state index contributed by atoms with van der Waals surface area (Å²) in [5.41, 5.74) is 0.447. The number of ether oxygens (including phenoxy) is 1. The molecule has 0 spiro atoms. The van der Waals surface area contributed by atoms with Crippen LogP contribution in [0.4, 0.5) is 13.2 Å². The molecule has 1 atom stereocenters. The third-order valence-electron chi connectivity index (χ3n) is 8.56. The molecule has 2 fully saturated rings. The Morgan fingerprint density at radius 1 is 1.12 bits per heavy atom. The third-order valence-corrected chi connectivity index (χ3v) is 8.56. The Hall–Kier alpha value is -3.31. The molecule has 2 aliphatic heterocycles. The number of hydrogen-bond acceptors (Lipinski definition) is 5. The molecule has 8 nitrogen and oxygen atoms in total. The van der Waals surface area contributed by atoms with Crippen molar-refractivity contribution in [2.45, 2.75) is 56.8 Å². The number of fused-ring (bicyclic) bond motifs is 1. The highest BCUT2D eigenvalue weighted by molar-refractivity contribution is 5.58. The third kappa shape index (κ3) is 5.01. The van der Waals surface area contributed by atoms with E-state index in [9.17, 15) is 18.0 Å². The fourth-order valence-electron chi connectivity index (χ4n) is 6.15. The number of hydrogen-bond donors (Lipinski definition) is 0. The van der Waals surface area contributed by atoms with E-state index in [2.05, 4.69) is 15.1 Å². The summed E-state index contributed by atoms with van der Waals surface area (Å²) < 4.78 is 52.5. The summed E-state index contributed by atoms with van der Waals surface area (Å²) in [4.78, 5) is 15.7. The minimum Gasteiger partial charge on any atom is -0.381 e. The minimum atomic E-state index is -4.61. The largest absolute Gasteiger partial charge is 0.418 e. The van der Waals surface area contributed by atoms with E-state index < -0.39 is 17.4 Å². The molecule has 4 heterocycles. The van der Waals surface area contributed by atoms with Crippen molar-refractivity contribution in [3.63, 3.8) is 0 Å². The van der Waals surface area contributed by atoms with Crippen molar-refractivity contribution in [2.24, 2.45) is 16.1 Å². The van der Waals surface area contributed by atoms with Gasteiger partial charge in [0.1, 0.15) is 0 Å². The smallest absolute Gasteiger partial charge is 0.381 e. The van der Waals surface area contributed by atoms with Crippen LogP contribution < -0.4 is 5.69 Å². The lowest BCUT2D eigenvalue weighted by Gasteiger charge is -2.34. The topological polar surface area (TPSA) is 66.6 Å². The van der Waals surface area contributed by atoms with Gasteiger partial charge in [-0.3, -0.25) is 13.9 Å². The number of methoxy groups -OCH3 is 1. The SMILES string of the molecule is COC1CCN(Cc2cc(C(F)(F)F)c3cn(-c4cccc([C@@H]([C]5N=NC=[N+]5C)C5CCC5)c4)c(=O)n3c2)CC1. The number of alkyl halides is 3. The van der Waals surface area contributed by atoms with Gasteiger partial charge in [-0.15, -0.1) is 0 Å². The number of azo groups is 1. The molecule has 211 valence electrons. The normalized spacial score (nSPS) is 20.3. The van der Waals surface area contributed by atoms with E-state index >= 15 is 0 Å². The van der Waals surface area contributed by atoms with Crippen molar-refractivity contribution in [2.75, 3.05) is 27.2 Å². The van der Waals surface area contributed by atoms with Crippen molar-refractivity contribution in [3.05, 3.63) is 76.1 Å². The number of aromatic nitrogens is 2. The van der Waals surface area contributed by atoms with E-state index in [4.69, 9.17) is 4.74 Å². The van der Waals surface area contributed by atoms with Crippen LogP contribution >= 0.6 is 0 Å². The number of rotatable bonds is 7. The molecule has 0 N–H and O–H groups in total. The van der Waals surface area contributed by atoms with Crippen LogP contribution in [0.1, 0.15) is 54.7 Å². The first-order chi connectivity index (χ1) is 19.2. The zero-order valence-electron chi connectivity index (χ0n) is 22.6. The van der Waals surface area contributed by atoms with E-state index in [0.717, 1.165) is 61.3 Å². The van der Waals surface area contributed by atoms with Crippen molar-refractivity contribution in [1.29, 1.82) is 0 Å². The second kappa shape index (κ2) is 10.6. The monoisotopic (exact) mass is 554 g/mol. The second-order valence-electron chi connectivity index (χ2n) is 11.1. The molecule has 1 aliphatic carbocycles. The van der Waals surface area contributed by atoms with Crippen LogP contribution in [0.25, 0.3) is 11.2 Å². The Bertz CT molecular complexity index is 1510. The van der Waals surface area contributed by atoms with Gasteiger partial charge in [0.25, 0.3) is 0 Å². The Kier molecular flexibility index (Phi) is 7.12. The average Bonchev–Trinajstić information content (AvgIpc) is 3.48. The summed E-state index contributed by atoms with van der Waals surface area (Å²) in [6, 6.07) is 8.67. The number of imidazole rings is 1. The molecule has 1 saturated carbocycles. The van der Waals surface area contributed by atoms with Crippen LogP contribution in [0.15, 0.2) is 57.7 Å². The quantitative estimate of drug-likeness (QED) is 0.376. The lowest BCUT2D eigenvalue weighted by molar-refractivity contribution is -0.480. The first-order valence-electron chi connectivity index (χ1n) is 13.8. The number of benzene rings is 1. The zero-order chi connectivity index (χ0) is 28.0. The van der Waals surface area contributed by atoms with Crippen molar-refractivity contribution >= 4 is 11.9 Å². The number of pyridine rings is 1. The molecule has 6 rings (SSSR count). The van der Waals surface area contributed by atoms with Crippen LogP contribution in [-0.2, 0) is 17.5 Å². The summed E-state index contributed by atoms with van der Waals surface area (Å²) in [6.07, 6.45) is 5.88. The van der Waals surface area contributed by atoms with E-state index in [1.54, 1.807) is 25.7 Å². The Labute approximate surface area is 230 Å². The second-order valence-corrected chi connectivity index (χ2v) is 11.1. The number of halogens is 3. The molecular formula is C29H33F3N6O2+. The van der Waals surface area contributed by atoms with Crippen molar-refractivity contribution < 1.29 is 22.5 Å². The summed E-state index contributed by atoms with van der Waals surface area (Å²) in [7, 11) is 3.59. The van der Waals surface area contributed by atoms with Crippen molar-refractivity contribution in [1.82, 2.24) is 13.9 Å². The standard InChI is InChI=1S/C29H33F3N6O2/c1-35-18-33-34-27(35)26(20-5-3-6-20)21-7-4-8-22(14-21)37-17-25-24(29(30,31)32)13-19(16-38(25)28(37)39)15-36-11-9-23(40-2)10-12-36/h4,7-8,13-14,16-18,20,23,26H,3,5-6,9-12,15H2,1-2H3/q+1/t26-/m0/s1. The molecule has 1 saturated heterocycles. The molecular weight excluding hydrogens is 521 g/mol. The average molecular weight is 555 g/mol. The molecule has 3 aromatic rings. The van der Waals surface area contributed by atoms with Gasteiger partial charge in [-0.05, 0) is 66.0 Å². The molecule has 0 unspecified atom stereocenters. The highest BCUT2D eigenvalue weighted by atomic mass is 19.4. The number of likely N-dealkylation sites (N-methyl/N-ethyl adjacent to an activating group) is 1. The van der Waals surface area contributed by atoms with E-state index in [1.807, 2.05) is 29.8 Å². The lowest BCUT2D eigenvalue weighted by atomic mass is 9.71. The first kappa shape index (κ1) is 26.9. The number of nitrogens with zero attached hydrogens (tertiary/aromatic N) is 6. The van der Waals surface area contributed by atoms with Gasteiger partial charge in [-0.1, -0.05) is 18.6 Å². The predicted octanol–water partition coefficient (Wildman–Crippen LogP) is 5.23. The Morgan fingerprint density at radius 3 is 2.52 bits per heavy atom. The number of piperidine rings is 1. The molecule has 1 aromatic carbocycles. The van der Waals surface area contributed by atoms with Gasteiger partial charge in [-0.2, -0.15) is 13.2 Å². The summed E-state index contributed by atoms with van der Waals surface area (Å²) in [6.45, 7) is 1.80. The van der Waals surface area contributed by atoms with Gasteiger partial charge in [0, 0.05) is 39.1 Å². The molecule has 0 amide bonds. The number of likely N-dealkylation sites (tertiary alicyclic amines) is 1. The highest BCUT2D eigenvalue weighted by Gasteiger charge is 2.42. The van der Waals surface area contributed by atoms with Crippen LogP contribution in [0.5, 0.6) is 0 Å². The zero-order valence-corrected chi connectivity index (χ0v) is 22.6. The van der Waals surface area contributed by atoms with Gasteiger partial charge in [0.2, 0.25) is 0 Å². The van der Waals surface area contributed by atoms with E-state index in [-0.39, 0.29) is 17.5 Å². The van der Waals surface area contributed by atoms with E-state index in [1.165, 1.54) is 16.8 Å². The van der Waals surface area contributed by atoms with Gasteiger partial charge >= 0.3 is 24.4 Å². The molecule has 0 bridgehead atoms. The molecule has 1 radical (unpaired) electrons. The predicted molar refractivity (Wildman–Crippen MR) is 144 cm³/mol. The maximum Gasteiger partial charge on any atom is 0.418 e. The van der Waals surface area contributed by atoms with Crippen LogP contribution in [0, 0.1) is 12.1 Å². The molecule has 40 heavy (non-hydrogen) atoms. The van der Waals surface area contributed by atoms with Gasteiger partial charge in [-0.25, -0.2) is 9.37 Å². The molecule has 2 aromatic heterocycles. The summed E-state index contributed by atoms with van der Waals surface area (Å²) >= 11 is 0. The molecule has 11 heteroatoms. The lowest BCUT2D eigenvalue weighted by Crippen LogP contribution is -2.36. The fraction of sp³-hybridized carbons (Fsp3) is 0.483. The van der Waals surface area contributed by atoms with Gasteiger partial charge in [0.05, 0.1) is 41.0 Å². The minimum absolute atomic E-state index is 0.00600.